The highest BCUT2D eigenvalue weighted by atomic mass is 16.5. The highest BCUT2D eigenvalue weighted by Gasteiger charge is 2.22. The van der Waals surface area contributed by atoms with Gasteiger partial charge in [0.15, 0.2) is 6.10 Å². The lowest BCUT2D eigenvalue weighted by Crippen LogP contribution is -2.45. The molecule has 1 N–H and O–H groups in total. The number of rotatable bonds is 25. The monoisotopic (exact) mass is 499 g/mol. The summed E-state index contributed by atoms with van der Waals surface area (Å²) >= 11 is 0. The zero-order chi connectivity index (χ0) is 26.4. The molecule has 0 aromatic heterocycles. The molecule has 0 heterocycles. The minimum absolute atomic E-state index is 0.251. The van der Waals surface area contributed by atoms with Crippen molar-refractivity contribution in [2.75, 3.05) is 27.7 Å². The van der Waals surface area contributed by atoms with Crippen molar-refractivity contribution in [1.82, 2.24) is 0 Å². The fraction of sp³-hybridized carbons (Fsp3) is 0.893. The second kappa shape index (κ2) is 21.6. The molecule has 0 spiro atoms. The largest absolute Gasteiger partial charge is 0.550 e. The standard InChI is InChI=1S/C28H53NO6/c1-29(2,3)24-25(23-27(32)33)35-28(34)22-20-18-16-14-12-10-8-6-4-5-7-9-11-13-15-17-19-21-26(30)31/h25H,4-24H2,1-3H3,(H-,30,31,32,33)/t25-/m1/s1. The van der Waals surface area contributed by atoms with E-state index in [1.807, 2.05) is 21.1 Å². The minimum Gasteiger partial charge on any atom is -0.550 e. The second-order valence-corrected chi connectivity index (χ2v) is 11.1. The lowest BCUT2D eigenvalue weighted by atomic mass is 10.0. The van der Waals surface area contributed by atoms with Crippen LogP contribution in [-0.4, -0.2) is 61.3 Å². The number of carboxylic acids is 2. The molecule has 0 saturated carbocycles. The number of unbranched alkanes of at least 4 members (excludes halogenated alkanes) is 16. The summed E-state index contributed by atoms with van der Waals surface area (Å²) in [7, 11) is 5.82. The molecule has 206 valence electrons. The third-order valence-corrected chi connectivity index (χ3v) is 6.22. The fourth-order valence-corrected chi connectivity index (χ4v) is 4.38. The Bertz CT molecular complexity index is 558. The van der Waals surface area contributed by atoms with Crippen molar-refractivity contribution >= 4 is 17.9 Å². The number of quaternary nitrogens is 1. The maximum absolute atomic E-state index is 12.1. The number of aliphatic carboxylic acids is 2. The van der Waals surface area contributed by atoms with Gasteiger partial charge in [0, 0.05) is 25.2 Å². The van der Waals surface area contributed by atoms with Gasteiger partial charge in [0.05, 0.1) is 21.1 Å². The molecule has 1 atom stereocenters. The molecule has 7 nitrogen and oxygen atoms in total. The predicted molar refractivity (Wildman–Crippen MR) is 138 cm³/mol. The van der Waals surface area contributed by atoms with Gasteiger partial charge in [0.1, 0.15) is 6.54 Å². The van der Waals surface area contributed by atoms with Crippen LogP contribution in [0, 0.1) is 0 Å². The van der Waals surface area contributed by atoms with Crippen LogP contribution >= 0.6 is 0 Å². The predicted octanol–water partition coefficient (Wildman–Crippen LogP) is 5.24. The van der Waals surface area contributed by atoms with Crippen LogP contribution in [0.2, 0.25) is 0 Å². The van der Waals surface area contributed by atoms with Gasteiger partial charge in [-0.25, -0.2) is 0 Å². The normalized spacial score (nSPS) is 12.4. The van der Waals surface area contributed by atoms with Crippen LogP contribution in [-0.2, 0) is 19.1 Å². The van der Waals surface area contributed by atoms with Gasteiger partial charge in [0.2, 0.25) is 0 Å². The van der Waals surface area contributed by atoms with E-state index in [1.165, 1.54) is 77.0 Å². The lowest BCUT2D eigenvalue weighted by molar-refractivity contribution is -0.873. The van der Waals surface area contributed by atoms with Gasteiger partial charge < -0.3 is 24.2 Å². The molecule has 0 amide bonds. The first kappa shape index (κ1) is 33.4. The average Bonchev–Trinajstić information content (AvgIpc) is 2.73. The smallest absolute Gasteiger partial charge is 0.306 e. The third-order valence-electron chi connectivity index (χ3n) is 6.22. The fourth-order valence-electron chi connectivity index (χ4n) is 4.38. The first-order valence-corrected chi connectivity index (χ1v) is 14.0. The minimum atomic E-state index is -1.19. The molecular weight excluding hydrogens is 446 g/mol. The van der Waals surface area contributed by atoms with Gasteiger partial charge in [-0.3, -0.25) is 9.59 Å². The molecule has 0 rings (SSSR count). The quantitative estimate of drug-likeness (QED) is 0.105. The zero-order valence-corrected chi connectivity index (χ0v) is 22.9. The van der Waals surface area contributed by atoms with Crippen LogP contribution in [0.3, 0.4) is 0 Å². The van der Waals surface area contributed by atoms with Gasteiger partial charge in [-0.2, -0.15) is 0 Å². The Morgan fingerprint density at radius 2 is 1.00 bits per heavy atom. The molecule has 0 saturated heterocycles. The summed E-state index contributed by atoms with van der Waals surface area (Å²) < 4.78 is 5.92. The molecule has 0 aliphatic heterocycles. The van der Waals surface area contributed by atoms with Gasteiger partial charge in [-0.15, -0.1) is 0 Å². The molecule has 0 unspecified atom stereocenters. The highest BCUT2D eigenvalue weighted by Crippen LogP contribution is 2.15. The van der Waals surface area contributed by atoms with E-state index >= 15 is 0 Å². The zero-order valence-electron chi connectivity index (χ0n) is 22.9. The van der Waals surface area contributed by atoms with Crippen molar-refractivity contribution in [3.63, 3.8) is 0 Å². The Morgan fingerprint density at radius 3 is 1.31 bits per heavy atom. The van der Waals surface area contributed by atoms with E-state index in [0.29, 0.717) is 23.9 Å². The molecule has 0 aromatic carbocycles. The summed E-state index contributed by atoms with van der Waals surface area (Å²) in [5.74, 6) is -2.17. The van der Waals surface area contributed by atoms with Gasteiger partial charge >= 0.3 is 11.9 Å². The average molecular weight is 500 g/mol. The van der Waals surface area contributed by atoms with Crippen molar-refractivity contribution in [1.29, 1.82) is 0 Å². The van der Waals surface area contributed by atoms with E-state index in [9.17, 15) is 19.5 Å². The SMILES string of the molecule is C[N+](C)(C)C[C@@H](CC(=O)[O-])OC(=O)CCCCCCCCCCCCCCCCCCCC(=O)O. The molecule has 0 bridgehead atoms. The molecule has 7 heteroatoms. The molecule has 0 fully saturated rings. The summed E-state index contributed by atoms with van der Waals surface area (Å²) in [5.41, 5.74) is 0. The third kappa shape index (κ3) is 26.8. The van der Waals surface area contributed by atoms with Crippen LogP contribution in [0.4, 0.5) is 0 Å². The van der Waals surface area contributed by atoms with Crippen molar-refractivity contribution in [3.05, 3.63) is 0 Å². The van der Waals surface area contributed by atoms with Crippen LogP contribution < -0.4 is 5.11 Å². The van der Waals surface area contributed by atoms with Crippen molar-refractivity contribution in [3.8, 4) is 0 Å². The number of carbonyl (C=O) groups excluding carboxylic acids is 2. The first-order chi connectivity index (χ1) is 16.6. The number of hydrogen-bond donors (Lipinski definition) is 1. The van der Waals surface area contributed by atoms with E-state index in [4.69, 9.17) is 9.84 Å². The summed E-state index contributed by atoms with van der Waals surface area (Å²) in [6, 6.07) is 0. The van der Waals surface area contributed by atoms with E-state index in [2.05, 4.69) is 0 Å². The summed E-state index contributed by atoms with van der Waals surface area (Å²) in [6.07, 6.45) is 19.9. The first-order valence-electron chi connectivity index (χ1n) is 14.0. The Labute approximate surface area is 214 Å². The number of ether oxygens (including phenoxy) is 1. The second-order valence-electron chi connectivity index (χ2n) is 11.1. The number of likely N-dealkylation sites (N-methyl/N-ethyl adjacent to an activating group) is 1. The van der Waals surface area contributed by atoms with Crippen molar-refractivity contribution in [2.24, 2.45) is 0 Å². The van der Waals surface area contributed by atoms with Crippen LogP contribution in [0.25, 0.3) is 0 Å². The Hall–Kier alpha value is -1.63. The van der Waals surface area contributed by atoms with Gasteiger partial charge in [-0.05, 0) is 12.8 Å². The number of carbonyl (C=O) groups is 3. The van der Waals surface area contributed by atoms with Crippen LogP contribution in [0.15, 0.2) is 0 Å². The summed E-state index contributed by atoms with van der Waals surface area (Å²) in [6.45, 7) is 0.456. The van der Waals surface area contributed by atoms with Crippen LogP contribution in [0.5, 0.6) is 0 Å². The van der Waals surface area contributed by atoms with E-state index < -0.39 is 18.0 Å². The van der Waals surface area contributed by atoms with E-state index in [1.54, 1.807) is 0 Å². The van der Waals surface area contributed by atoms with E-state index in [0.717, 1.165) is 32.1 Å². The van der Waals surface area contributed by atoms with Crippen molar-refractivity contribution in [2.45, 2.75) is 135 Å². The molecular formula is C28H53NO6. The molecule has 0 radical (unpaired) electrons. The van der Waals surface area contributed by atoms with Crippen molar-refractivity contribution < 1.29 is 33.8 Å². The number of esters is 1. The maximum atomic E-state index is 12.1. The molecule has 0 aromatic rings. The topological polar surface area (TPSA) is 104 Å². The molecule has 0 aliphatic carbocycles. The van der Waals surface area contributed by atoms with E-state index in [-0.39, 0.29) is 12.4 Å². The summed E-state index contributed by atoms with van der Waals surface area (Å²) in [5, 5.41) is 19.5. The number of carboxylic acid groups (broad SMARTS) is 2. The number of nitrogens with zero attached hydrogens (tertiary/aromatic N) is 1. The highest BCUT2D eigenvalue weighted by molar-refractivity contribution is 5.70. The van der Waals surface area contributed by atoms with Gasteiger partial charge in [-0.1, -0.05) is 96.3 Å². The Kier molecular flexibility index (Phi) is 20.6. The Balaban J connectivity index is 3.45. The van der Waals surface area contributed by atoms with Crippen LogP contribution in [0.1, 0.15) is 128 Å². The molecule has 0 aliphatic rings. The Morgan fingerprint density at radius 1 is 0.657 bits per heavy atom. The maximum Gasteiger partial charge on any atom is 0.306 e. The number of hydrogen-bond acceptors (Lipinski definition) is 5. The molecule has 35 heavy (non-hydrogen) atoms. The van der Waals surface area contributed by atoms with Gasteiger partial charge in [0.25, 0.3) is 0 Å². The lowest BCUT2D eigenvalue weighted by Gasteiger charge is -2.29. The summed E-state index contributed by atoms with van der Waals surface area (Å²) in [4.78, 5) is 33.4.